The Kier molecular flexibility index (Phi) is 4.41. The Morgan fingerprint density at radius 2 is 1.83 bits per heavy atom. The highest BCUT2D eigenvalue weighted by Gasteiger charge is 2.15. The summed E-state index contributed by atoms with van der Waals surface area (Å²) < 4.78 is 0. The van der Waals surface area contributed by atoms with Crippen LogP contribution >= 0.6 is 0 Å². The van der Waals surface area contributed by atoms with E-state index in [2.05, 4.69) is 55.7 Å². The third kappa shape index (κ3) is 3.82. The van der Waals surface area contributed by atoms with Gasteiger partial charge in [0.25, 0.3) is 0 Å². The number of hydrogen-bond acceptors (Lipinski definition) is 2. The van der Waals surface area contributed by atoms with E-state index >= 15 is 0 Å². The van der Waals surface area contributed by atoms with Gasteiger partial charge >= 0.3 is 0 Å². The fourth-order valence-corrected chi connectivity index (χ4v) is 2.20. The molecule has 0 atom stereocenters. The predicted octanol–water partition coefficient (Wildman–Crippen LogP) is 2.34. The summed E-state index contributed by atoms with van der Waals surface area (Å²) in [6.45, 7) is 11.4. The monoisotopic (exact) mass is 246 g/mol. The maximum absolute atomic E-state index is 3.54. The molecule has 18 heavy (non-hydrogen) atoms. The SMILES string of the molecule is CC(C)(C)c1ccc(CCNCC2CNC2)cc1. The van der Waals surface area contributed by atoms with Gasteiger partial charge in [0.1, 0.15) is 0 Å². The zero-order valence-electron chi connectivity index (χ0n) is 11.9. The highest BCUT2D eigenvalue weighted by Crippen LogP contribution is 2.22. The van der Waals surface area contributed by atoms with Gasteiger partial charge in [-0.15, -0.1) is 0 Å². The van der Waals surface area contributed by atoms with Crippen molar-refractivity contribution in [2.75, 3.05) is 26.2 Å². The first kappa shape index (κ1) is 13.6. The van der Waals surface area contributed by atoms with Crippen LogP contribution in [-0.2, 0) is 11.8 Å². The summed E-state index contributed by atoms with van der Waals surface area (Å²) in [5.74, 6) is 0.855. The van der Waals surface area contributed by atoms with Crippen LogP contribution in [0.4, 0.5) is 0 Å². The van der Waals surface area contributed by atoms with Crippen molar-refractivity contribution in [1.82, 2.24) is 10.6 Å². The van der Waals surface area contributed by atoms with Crippen LogP contribution in [0, 0.1) is 5.92 Å². The molecule has 0 aliphatic carbocycles. The number of hydrogen-bond donors (Lipinski definition) is 2. The summed E-state index contributed by atoms with van der Waals surface area (Å²) >= 11 is 0. The van der Waals surface area contributed by atoms with Gasteiger partial charge in [-0.25, -0.2) is 0 Å². The molecule has 100 valence electrons. The highest BCUT2D eigenvalue weighted by molar-refractivity contribution is 5.27. The topological polar surface area (TPSA) is 24.1 Å². The van der Waals surface area contributed by atoms with Gasteiger partial charge in [0.2, 0.25) is 0 Å². The summed E-state index contributed by atoms with van der Waals surface area (Å²) in [6.07, 6.45) is 1.13. The van der Waals surface area contributed by atoms with Crippen LogP contribution in [0.1, 0.15) is 31.9 Å². The zero-order valence-corrected chi connectivity index (χ0v) is 11.9. The van der Waals surface area contributed by atoms with E-state index in [1.807, 2.05) is 0 Å². The van der Waals surface area contributed by atoms with Crippen LogP contribution in [0.15, 0.2) is 24.3 Å². The lowest BCUT2D eigenvalue weighted by atomic mass is 9.86. The molecule has 2 N–H and O–H groups in total. The minimum atomic E-state index is 0.258. The van der Waals surface area contributed by atoms with Crippen molar-refractivity contribution < 1.29 is 0 Å². The molecule has 1 aromatic rings. The summed E-state index contributed by atoms with van der Waals surface area (Å²) in [5.41, 5.74) is 3.11. The van der Waals surface area contributed by atoms with E-state index in [0.717, 1.165) is 25.4 Å². The van der Waals surface area contributed by atoms with E-state index in [4.69, 9.17) is 0 Å². The molecule has 0 spiro atoms. The van der Waals surface area contributed by atoms with Crippen LogP contribution in [-0.4, -0.2) is 26.2 Å². The Labute approximate surface area is 111 Å². The first-order chi connectivity index (χ1) is 8.55. The summed E-state index contributed by atoms with van der Waals surface area (Å²) in [6, 6.07) is 9.08. The molecule has 0 unspecified atom stereocenters. The van der Waals surface area contributed by atoms with Crippen molar-refractivity contribution >= 4 is 0 Å². The van der Waals surface area contributed by atoms with Gasteiger partial charge in [0, 0.05) is 19.6 Å². The maximum atomic E-state index is 3.54. The molecule has 1 heterocycles. The lowest BCUT2D eigenvalue weighted by Crippen LogP contribution is -2.47. The molecule has 1 saturated heterocycles. The average molecular weight is 246 g/mol. The van der Waals surface area contributed by atoms with Gasteiger partial charge in [-0.1, -0.05) is 45.0 Å². The molecule has 1 aromatic carbocycles. The molecule has 2 rings (SSSR count). The normalized spacial score (nSPS) is 16.6. The molecule has 0 aromatic heterocycles. The standard InChI is InChI=1S/C16H26N2/c1-16(2,3)15-6-4-13(5-7-15)8-9-17-10-14-11-18-12-14/h4-7,14,17-18H,8-12H2,1-3H3. The minimum absolute atomic E-state index is 0.258. The second-order valence-electron chi connectivity index (χ2n) is 6.43. The zero-order chi connectivity index (χ0) is 13.0. The Morgan fingerprint density at radius 3 is 2.33 bits per heavy atom. The molecule has 2 nitrogen and oxygen atoms in total. The summed E-state index contributed by atoms with van der Waals surface area (Å²) in [4.78, 5) is 0. The van der Waals surface area contributed by atoms with E-state index in [1.54, 1.807) is 0 Å². The minimum Gasteiger partial charge on any atom is -0.316 e. The molecular weight excluding hydrogens is 220 g/mol. The number of benzene rings is 1. The van der Waals surface area contributed by atoms with Crippen molar-refractivity contribution in [1.29, 1.82) is 0 Å². The van der Waals surface area contributed by atoms with Crippen LogP contribution in [0.5, 0.6) is 0 Å². The molecular formula is C16H26N2. The van der Waals surface area contributed by atoms with Gasteiger partial charge in [0.05, 0.1) is 0 Å². The van der Waals surface area contributed by atoms with Crippen molar-refractivity contribution in [2.45, 2.75) is 32.6 Å². The third-order valence-electron chi connectivity index (χ3n) is 3.71. The lowest BCUT2D eigenvalue weighted by Gasteiger charge is -2.27. The molecule has 0 radical (unpaired) electrons. The van der Waals surface area contributed by atoms with Crippen LogP contribution in [0.2, 0.25) is 0 Å². The Hall–Kier alpha value is -0.860. The van der Waals surface area contributed by atoms with Crippen LogP contribution in [0.25, 0.3) is 0 Å². The number of rotatable bonds is 5. The predicted molar refractivity (Wildman–Crippen MR) is 78.1 cm³/mol. The van der Waals surface area contributed by atoms with Gasteiger partial charge in [0.15, 0.2) is 0 Å². The van der Waals surface area contributed by atoms with Crippen molar-refractivity contribution in [3.05, 3.63) is 35.4 Å². The molecule has 2 heteroatoms. The molecule has 0 amide bonds. The lowest BCUT2D eigenvalue weighted by molar-refractivity contribution is 0.333. The first-order valence-electron chi connectivity index (χ1n) is 7.06. The van der Waals surface area contributed by atoms with Gasteiger partial charge in [-0.3, -0.25) is 0 Å². The van der Waals surface area contributed by atoms with Crippen LogP contribution in [0.3, 0.4) is 0 Å². The Bertz CT molecular complexity index is 358. The van der Waals surface area contributed by atoms with Gasteiger partial charge < -0.3 is 10.6 Å². The van der Waals surface area contributed by atoms with Crippen molar-refractivity contribution in [3.8, 4) is 0 Å². The van der Waals surface area contributed by atoms with E-state index in [0.29, 0.717) is 0 Å². The second-order valence-corrected chi connectivity index (χ2v) is 6.43. The van der Waals surface area contributed by atoms with E-state index < -0.39 is 0 Å². The first-order valence-corrected chi connectivity index (χ1v) is 7.06. The summed E-state index contributed by atoms with van der Waals surface area (Å²) in [7, 11) is 0. The number of nitrogens with one attached hydrogen (secondary N) is 2. The highest BCUT2D eigenvalue weighted by atomic mass is 15.0. The molecule has 1 aliphatic rings. The van der Waals surface area contributed by atoms with Gasteiger partial charge in [-0.05, 0) is 35.4 Å². The average Bonchev–Trinajstić information content (AvgIpc) is 2.26. The molecule has 0 bridgehead atoms. The van der Waals surface area contributed by atoms with E-state index in [9.17, 15) is 0 Å². The molecule has 1 aliphatic heterocycles. The quantitative estimate of drug-likeness (QED) is 0.779. The molecule has 0 saturated carbocycles. The van der Waals surface area contributed by atoms with Crippen molar-refractivity contribution in [2.24, 2.45) is 5.92 Å². The Morgan fingerprint density at radius 1 is 1.17 bits per heavy atom. The fraction of sp³-hybridized carbons (Fsp3) is 0.625. The van der Waals surface area contributed by atoms with Gasteiger partial charge in [-0.2, -0.15) is 0 Å². The fourth-order valence-electron chi connectivity index (χ4n) is 2.20. The van der Waals surface area contributed by atoms with E-state index in [1.165, 1.54) is 24.2 Å². The second kappa shape index (κ2) is 5.85. The maximum Gasteiger partial charge on any atom is 0.000394 e. The molecule has 1 fully saturated rings. The van der Waals surface area contributed by atoms with E-state index in [-0.39, 0.29) is 5.41 Å². The third-order valence-corrected chi connectivity index (χ3v) is 3.71. The Balaban J connectivity index is 1.72. The smallest absolute Gasteiger partial charge is 0.000394 e. The largest absolute Gasteiger partial charge is 0.316 e. The van der Waals surface area contributed by atoms with Crippen molar-refractivity contribution in [3.63, 3.8) is 0 Å². The summed E-state index contributed by atoms with van der Waals surface area (Å²) in [5, 5.41) is 6.84. The van der Waals surface area contributed by atoms with Crippen LogP contribution < -0.4 is 10.6 Å².